The summed E-state index contributed by atoms with van der Waals surface area (Å²) in [6.07, 6.45) is 0. The van der Waals surface area contributed by atoms with Crippen LogP contribution in [-0.2, 0) is 0 Å². The highest BCUT2D eigenvalue weighted by molar-refractivity contribution is 7.26. The van der Waals surface area contributed by atoms with Crippen molar-refractivity contribution in [3.8, 4) is 34.9 Å². The SMILES string of the molecule is Cc1ccc2c(c1)c1cc(C)cc(C)c1n2-c1c(C#N)c(-n2c3ccc(C)cc3c3cc(C)cc(C)c32)c(-n2c3ccc(C)cc3c3ccc4c5ccccc5sc4c32)c(C#N)c1-n1c2ccc(C)cc2c2cc(C)cc(C)c21. The quantitative estimate of drug-likeness (QED) is 0.176. The molecule has 0 radical (unpaired) electrons. The Morgan fingerprint density at radius 3 is 1.01 bits per heavy atom. The summed E-state index contributed by atoms with van der Waals surface area (Å²) >= 11 is 1.79. The number of nitriles is 2. The summed E-state index contributed by atoms with van der Waals surface area (Å²) in [6.45, 7) is 21.7. The van der Waals surface area contributed by atoms with E-state index in [2.05, 4.69) is 245 Å². The van der Waals surface area contributed by atoms with E-state index in [0.29, 0.717) is 33.9 Å². The average molecular weight is 1040 g/mol. The Kier molecular flexibility index (Phi) is 9.82. The van der Waals surface area contributed by atoms with Crippen molar-refractivity contribution in [2.24, 2.45) is 0 Å². The number of aryl methyl sites for hydroxylation is 10. The van der Waals surface area contributed by atoms with Gasteiger partial charge in [0.25, 0.3) is 0 Å². The molecule has 0 N–H and O–H groups in total. The van der Waals surface area contributed by atoms with Crippen molar-refractivity contribution < 1.29 is 0 Å². The third-order valence-electron chi connectivity index (χ3n) is 17.0. The fraction of sp³-hybridized carbons (Fsp3) is 0.139. The molecule has 0 atom stereocenters. The highest BCUT2D eigenvalue weighted by Gasteiger charge is 2.36. The normalized spacial score (nSPS) is 12.2. The topological polar surface area (TPSA) is 67.3 Å². The fourth-order valence-electron chi connectivity index (χ4n) is 14.0. The van der Waals surface area contributed by atoms with Gasteiger partial charge in [-0.3, -0.25) is 0 Å². The summed E-state index contributed by atoms with van der Waals surface area (Å²) in [5, 5.41) is 37.2. The standard InChI is InChI=1S/C72H54N6S/c1-37-15-21-59-50(28-37)48-19-20-49-47-13-11-12-14-63(47)79-72(49)71(48)78(59)70-58(36-74)68(76-61-23-17-39(3)30-52(61)55-33-42(6)26-45(9)65(55)76)67(75-60-22-16-38(2)29-51(60)54-32-41(5)25-44(8)64(54)75)57(35-73)69(70)77-62-24-18-40(4)31-53(62)56-34-43(7)27-46(10)66(56)77/h11-34H,1-10H3. The summed E-state index contributed by atoms with van der Waals surface area (Å²) in [5.74, 6) is 0. The smallest absolute Gasteiger partial charge is 0.104 e. The summed E-state index contributed by atoms with van der Waals surface area (Å²) in [7, 11) is 0. The van der Waals surface area contributed by atoms with Crippen molar-refractivity contribution in [3.63, 3.8) is 0 Å². The van der Waals surface area contributed by atoms with E-state index in [0.717, 1.165) is 153 Å². The maximum absolute atomic E-state index is 13.1. The van der Waals surface area contributed by atoms with Gasteiger partial charge in [0, 0.05) is 58.6 Å². The van der Waals surface area contributed by atoms with E-state index in [-0.39, 0.29) is 0 Å². The zero-order valence-corrected chi connectivity index (χ0v) is 46.8. The number of fused-ring (bicyclic) bond motifs is 16. The molecule has 5 aromatic heterocycles. The van der Waals surface area contributed by atoms with Gasteiger partial charge in [-0.25, -0.2) is 0 Å². The van der Waals surface area contributed by atoms with Crippen LogP contribution in [-0.4, -0.2) is 18.3 Å². The van der Waals surface area contributed by atoms with Crippen molar-refractivity contribution >= 4 is 119 Å². The van der Waals surface area contributed by atoms with Crippen LogP contribution in [0.3, 0.4) is 0 Å². The minimum absolute atomic E-state index is 0.458. The van der Waals surface area contributed by atoms with Crippen LogP contribution >= 0.6 is 11.3 Å². The van der Waals surface area contributed by atoms with Crippen molar-refractivity contribution in [1.29, 1.82) is 10.5 Å². The summed E-state index contributed by atoms with van der Waals surface area (Å²) in [6, 6.07) is 59.8. The minimum Gasteiger partial charge on any atom is -0.306 e. The highest BCUT2D eigenvalue weighted by Crippen LogP contribution is 2.51. The van der Waals surface area contributed by atoms with Crippen LogP contribution in [0.25, 0.3) is 130 Å². The molecule has 0 unspecified atom stereocenters. The molecule has 0 saturated carbocycles. The van der Waals surface area contributed by atoms with E-state index in [9.17, 15) is 10.5 Å². The van der Waals surface area contributed by atoms with Gasteiger partial charge in [0.1, 0.15) is 23.3 Å². The van der Waals surface area contributed by atoms with E-state index in [1.165, 1.54) is 10.1 Å². The number of aromatic nitrogens is 4. The Labute approximate surface area is 461 Å². The van der Waals surface area contributed by atoms with Crippen molar-refractivity contribution in [1.82, 2.24) is 18.3 Å². The second-order valence-electron chi connectivity index (χ2n) is 22.7. The third kappa shape index (κ3) is 6.37. The molecule has 0 aliphatic carbocycles. The van der Waals surface area contributed by atoms with Crippen LogP contribution in [0.1, 0.15) is 66.8 Å². The van der Waals surface area contributed by atoms with Crippen molar-refractivity contribution in [2.75, 3.05) is 0 Å². The first-order valence-corrected chi connectivity index (χ1v) is 28.0. The van der Waals surface area contributed by atoms with Gasteiger partial charge in [-0.1, -0.05) is 112 Å². The van der Waals surface area contributed by atoms with Crippen molar-refractivity contribution in [3.05, 3.63) is 212 Å². The van der Waals surface area contributed by atoms with E-state index in [1.54, 1.807) is 11.3 Å². The Morgan fingerprint density at radius 2 is 0.633 bits per heavy atom. The lowest BCUT2D eigenvalue weighted by molar-refractivity contribution is 1.02. The van der Waals surface area contributed by atoms with Gasteiger partial charge in [-0.05, 0) is 159 Å². The first-order valence-electron chi connectivity index (χ1n) is 27.2. The lowest BCUT2D eigenvalue weighted by atomic mass is 9.98. The molecular formula is C72H54N6S. The average Bonchev–Trinajstić information content (AvgIpc) is 3.49. The number of hydrogen-bond donors (Lipinski definition) is 0. The van der Waals surface area contributed by atoms with Gasteiger partial charge < -0.3 is 18.3 Å². The molecule has 0 saturated heterocycles. The molecule has 7 heteroatoms. The van der Waals surface area contributed by atoms with Gasteiger partial charge in [0.15, 0.2) is 0 Å². The first kappa shape index (κ1) is 46.9. The summed E-state index contributed by atoms with van der Waals surface area (Å²) in [4.78, 5) is 0. The predicted molar refractivity (Wildman–Crippen MR) is 333 cm³/mol. The lowest BCUT2D eigenvalue weighted by Crippen LogP contribution is -2.17. The van der Waals surface area contributed by atoms with Crippen molar-refractivity contribution in [2.45, 2.75) is 69.2 Å². The second-order valence-corrected chi connectivity index (χ2v) is 23.7. The van der Waals surface area contributed by atoms with Gasteiger partial charge in [0.05, 0.1) is 71.6 Å². The van der Waals surface area contributed by atoms with Gasteiger partial charge in [0.2, 0.25) is 0 Å². The number of rotatable bonds is 4. The molecule has 0 aliphatic rings. The molecule has 15 aromatic rings. The zero-order chi connectivity index (χ0) is 54.2. The predicted octanol–water partition coefficient (Wildman–Crippen LogP) is 19.3. The molecule has 0 amide bonds. The molecule has 10 aromatic carbocycles. The van der Waals surface area contributed by atoms with Gasteiger partial charge >= 0.3 is 0 Å². The molecule has 0 spiro atoms. The Bertz CT molecular complexity index is 5390. The first-order chi connectivity index (χ1) is 38.2. The molecule has 0 fully saturated rings. The number of hydrogen-bond acceptors (Lipinski definition) is 3. The number of nitrogens with zero attached hydrogens (tertiary/aromatic N) is 6. The molecule has 6 nitrogen and oxygen atoms in total. The monoisotopic (exact) mass is 1030 g/mol. The maximum Gasteiger partial charge on any atom is 0.104 e. The molecular weight excluding hydrogens is 981 g/mol. The van der Waals surface area contributed by atoms with E-state index in [4.69, 9.17) is 0 Å². The van der Waals surface area contributed by atoms with Gasteiger partial charge in [-0.2, -0.15) is 10.5 Å². The largest absolute Gasteiger partial charge is 0.306 e. The molecule has 378 valence electrons. The van der Waals surface area contributed by atoms with Crippen LogP contribution in [0.5, 0.6) is 0 Å². The van der Waals surface area contributed by atoms with Crippen LogP contribution in [0.15, 0.2) is 146 Å². The second kappa shape index (κ2) is 16.6. The van der Waals surface area contributed by atoms with Crippen LogP contribution < -0.4 is 0 Å². The Morgan fingerprint density at radius 1 is 0.304 bits per heavy atom. The molecule has 79 heavy (non-hydrogen) atoms. The number of benzene rings is 10. The highest BCUT2D eigenvalue weighted by atomic mass is 32.1. The molecule has 0 bridgehead atoms. The van der Waals surface area contributed by atoms with E-state index >= 15 is 0 Å². The minimum atomic E-state index is 0.458. The van der Waals surface area contributed by atoms with E-state index < -0.39 is 0 Å². The fourth-order valence-corrected chi connectivity index (χ4v) is 15.3. The Hall–Kier alpha value is -9.40. The van der Waals surface area contributed by atoms with Crippen LogP contribution in [0.4, 0.5) is 0 Å². The van der Waals surface area contributed by atoms with E-state index in [1.807, 2.05) is 0 Å². The Balaban J connectivity index is 1.32. The van der Waals surface area contributed by atoms with Crippen LogP contribution in [0, 0.1) is 91.9 Å². The summed E-state index contributed by atoms with van der Waals surface area (Å²) in [5.41, 5.74) is 22.7. The number of thiophene rings is 1. The lowest BCUT2D eigenvalue weighted by Gasteiger charge is -2.27. The summed E-state index contributed by atoms with van der Waals surface area (Å²) < 4.78 is 11.8. The maximum atomic E-state index is 13.1. The van der Waals surface area contributed by atoms with Crippen LogP contribution in [0.2, 0.25) is 0 Å². The zero-order valence-electron chi connectivity index (χ0n) is 45.9. The third-order valence-corrected chi connectivity index (χ3v) is 18.2. The molecule has 15 rings (SSSR count). The molecule has 5 heterocycles. The molecule has 0 aliphatic heterocycles. The van der Waals surface area contributed by atoms with Gasteiger partial charge in [-0.15, -0.1) is 11.3 Å².